The predicted octanol–water partition coefficient (Wildman–Crippen LogP) is 2.68. The van der Waals surface area contributed by atoms with Gasteiger partial charge in [-0.15, -0.1) is 11.8 Å². The minimum atomic E-state index is -0.106. The standard InChI is InChI=1S/C14H20N2OS/c1-9-5-10(2)7-11(6-9)15-13(17)12-8-18-14(3,4)16-12/h5-7,12,16H,8H2,1-4H3,(H,15,17). The highest BCUT2D eigenvalue weighted by Gasteiger charge is 2.34. The molecule has 0 radical (unpaired) electrons. The number of nitrogens with one attached hydrogen (secondary N) is 2. The lowest BCUT2D eigenvalue weighted by atomic mass is 10.1. The first-order chi connectivity index (χ1) is 8.35. The highest BCUT2D eigenvalue weighted by atomic mass is 32.2. The van der Waals surface area contributed by atoms with Gasteiger partial charge in [0.25, 0.3) is 0 Å². The molecule has 1 unspecified atom stereocenters. The van der Waals surface area contributed by atoms with Crippen LogP contribution in [-0.4, -0.2) is 22.6 Å². The van der Waals surface area contributed by atoms with E-state index in [4.69, 9.17) is 0 Å². The Morgan fingerprint density at radius 2 is 1.94 bits per heavy atom. The molecule has 1 aliphatic heterocycles. The lowest BCUT2D eigenvalue weighted by molar-refractivity contribution is -0.117. The van der Waals surface area contributed by atoms with Crippen molar-refractivity contribution in [1.29, 1.82) is 0 Å². The van der Waals surface area contributed by atoms with E-state index in [9.17, 15) is 4.79 Å². The maximum Gasteiger partial charge on any atom is 0.242 e. The van der Waals surface area contributed by atoms with Gasteiger partial charge in [-0.25, -0.2) is 0 Å². The van der Waals surface area contributed by atoms with Crippen molar-refractivity contribution in [3.63, 3.8) is 0 Å². The van der Waals surface area contributed by atoms with Crippen LogP contribution in [0.1, 0.15) is 25.0 Å². The SMILES string of the molecule is Cc1cc(C)cc(NC(=O)C2CSC(C)(C)N2)c1. The lowest BCUT2D eigenvalue weighted by Crippen LogP contribution is -2.44. The quantitative estimate of drug-likeness (QED) is 0.863. The molecule has 18 heavy (non-hydrogen) atoms. The summed E-state index contributed by atoms with van der Waals surface area (Å²) in [5, 5.41) is 6.32. The van der Waals surface area contributed by atoms with E-state index in [1.807, 2.05) is 26.0 Å². The molecule has 0 spiro atoms. The molecule has 1 amide bonds. The molecular weight excluding hydrogens is 244 g/mol. The Morgan fingerprint density at radius 3 is 2.44 bits per heavy atom. The summed E-state index contributed by atoms with van der Waals surface area (Å²) in [6.07, 6.45) is 0. The summed E-state index contributed by atoms with van der Waals surface area (Å²) in [7, 11) is 0. The second-order valence-corrected chi connectivity index (χ2v) is 7.03. The van der Waals surface area contributed by atoms with Gasteiger partial charge in [0.15, 0.2) is 0 Å². The molecular formula is C14H20N2OS. The molecule has 0 aliphatic carbocycles. The van der Waals surface area contributed by atoms with E-state index in [0.29, 0.717) is 0 Å². The van der Waals surface area contributed by atoms with E-state index in [1.165, 1.54) is 11.1 Å². The summed E-state index contributed by atoms with van der Waals surface area (Å²) >= 11 is 1.78. The molecule has 1 saturated heterocycles. The molecule has 1 fully saturated rings. The number of thioether (sulfide) groups is 1. The molecule has 2 N–H and O–H groups in total. The molecule has 0 saturated carbocycles. The van der Waals surface area contributed by atoms with Crippen molar-refractivity contribution in [2.24, 2.45) is 0 Å². The van der Waals surface area contributed by atoms with Crippen LogP contribution in [0.2, 0.25) is 0 Å². The third kappa shape index (κ3) is 3.27. The van der Waals surface area contributed by atoms with Gasteiger partial charge in [-0.2, -0.15) is 0 Å². The summed E-state index contributed by atoms with van der Waals surface area (Å²) in [6.45, 7) is 8.27. The van der Waals surface area contributed by atoms with E-state index in [-0.39, 0.29) is 16.8 Å². The third-order valence-electron chi connectivity index (χ3n) is 2.94. The molecule has 1 atom stereocenters. The monoisotopic (exact) mass is 264 g/mol. The zero-order chi connectivity index (χ0) is 13.3. The molecule has 2 rings (SSSR count). The van der Waals surface area contributed by atoms with Gasteiger partial charge in [0.2, 0.25) is 5.91 Å². The zero-order valence-electron chi connectivity index (χ0n) is 11.3. The fourth-order valence-corrected chi connectivity index (χ4v) is 3.26. The predicted molar refractivity (Wildman–Crippen MR) is 78.0 cm³/mol. The van der Waals surface area contributed by atoms with Crippen LogP contribution in [0.25, 0.3) is 0 Å². The number of carbonyl (C=O) groups is 1. The lowest BCUT2D eigenvalue weighted by Gasteiger charge is -2.18. The van der Waals surface area contributed by atoms with E-state index in [1.54, 1.807) is 11.8 Å². The maximum absolute atomic E-state index is 12.1. The average Bonchev–Trinajstić information content (AvgIpc) is 2.57. The molecule has 1 aliphatic rings. The first kappa shape index (κ1) is 13.4. The molecule has 1 heterocycles. The Morgan fingerprint density at radius 1 is 1.33 bits per heavy atom. The van der Waals surface area contributed by atoms with Crippen LogP contribution in [0.5, 0.6) is 0 Å². The molecule has 3 nitrogen and oxygen atoms in total. The van der Waals surface area contributed by atoms with Crippen molar-refractivity contribution in [2.75, 3.05) is 11.1 Å². The maximum atomic E-state index is 12.1. The van der Waals surface area contributed by atoms with Crippen molar-refractivity contribution in [3.05, 3.63) is 29.3 Å². The van der Waals surface area contributed by atoms with E-state index in [0.717, 1.165) is 11.4 Å². The zero-order valence-corrected chi connectivity index (χ0v) is 12.1. The van der Waals surface area contributed by atoms with Gasteiger partial charge < -0.3 is 5.32 Å². The molecule has 1 aromatic rings. The smallest absolute Gasteiger partial charge is 0.242 e. The third-order valence-corrected chi connectivity index (χ3v) is 4.28. The van der Waals surface area contributed by atoms with Crippen molar-refractivity contribution in [1.82, 2.24) is 5.32 Å². The molecule has 1 aromatic carbocycles. The normalized spacial score (nSPS) is 21.9. The number of benzene rings is 1. The van der Waals surface area contributed by atoms with Gasteiger partial charge >= 0.3 is 0 Å². The van der Waals surface area contributed by atoms with Crippen LogP contribution in [0.3, 0.4) is 0 Å². The van der Waals surface area contributed by atoms with Crippen LogP contribution >= 0.6 is 11.8 Å². The number of aryl methyl sites for hydroxylation is 2. The summed E-state index contributed by atoms with van der Waals surface area (Å²) in [4.78, 5) is 12.1. The second-order valence-electron chi connectivity index (χ2n) is 5.38. The van der Waals surface area contributed by atoms with Gasteiger partial charge in [-0.3, -0.25) is 10.1 Å². The summed E-state index contributed by atoms with van der Waals surface area (Å²) in [5.74, 6) is 0.877. The molecule has 0 aromatic heterocycles. The number of rotatable bonds is 2. The molecule has 4 heteroatoms. The Hall–Kier alpha value is -1.00. The molecule has 0 bridgehead atoms. The van der Waals surface area contributed by atoms with Crippen LogP contribution in [0.4, 0.5) is 5.69 Å². The Labute approximate surface area is 113 Å². The topological polar surface area (TPSA) is 41.1 Å². The number of anilines is 1. The van der Waals surface area contributed by atoms with E-state index < -0.39 is 0 Å². The number of amides is 1. The fraction of sp³-hybridized carbons (Fsp3) is 0.500. The first-order valence-corrected chi connectivity index (χ1v) is 7.15. The summed E-state index contributed by atoms with van der Waals surface area (Å²) in [6, 6.07) is 5.99. The summed E-state index contributed by atoms with van der Waals surface area (Å²) in [5.41, 5.74) is 3.22. The van der Waals surface area contributed by atoms with Gasteiger partial charge in [0.1, 0.15) is 0 Å². The van der Waals surface area contributed by atoms with Gasteiger partial charge in [0.05, 0.1) is 10.9 Å². The van der Waals surface area contributed by atoms with Crippen LogP contribution in [0.15, 0.2) is 18.2 Å². The highest BCUT2D eigenvalue weighted by Crippen LogP contribution is 2.29. The largest absolute Gasteiger partial charge is 0.325 e. The van der Waals surface area contributed by atoms with Gasteiger partial charge in [0, 0.05) is 11.4 Å². The van der Waals surface area contributed by atoms with Crippen molar-refractivity contribution < 1.29 is 4.79 Å². The number of hydrogen-bond acceptors (Lipinski definition) is 3. The van der Waals surface area contributed by atoms with Crippen molar-refractivity contribution in [2.45, 2.75) is 38.6 Å². The first-order valence-electron chi connectivity index (χ1n) is 6.16. The van der Waals surface area contributed by atoms with Gasteiger partial charge in [-0.1, -0.05) is 6.07 Å². The number of hydrogen-bond donors (Lipinski definition) is 2. The number of carbonyl (C=O) groups excluding carboxylic acids is 1. The van der Waals surface area contributed by atoms with Gasteiger partial charge in [-0.05, 0) is 51.0 Å². The highest BCUT2D eigenvalue weighted by molar-refractivity contribution is 8.00. The summed E-state index contributed by atoms with van der Waals surface area (Å²) < 4.78 is 0. The molecule has 98 valence electrons. The fourth-order valence-electron chi connectivity index (χ4n) is 2.21. The van der Waals surface area contributed by atoms with Crippen LogP contribution in [-0.2, 0) is 4.79 Å². The minimum absolute atomic E-state index is 0.00940. The van der Waals surface area contributed by atoms with Crippen molar-refractivity contribution in [3.8, 4) is 0 Å². The Kier molecular flexibility index (Phi) is 3.69. The minimum Gasteiger partial charge on any atom is -0.325 e. The van der Waals surface area contributed by atoms with E-state index in [2.05, 4.69) is 30.5 Å². The average molecular weight is 264 g/mol. The van der Waals surface area contributed by atoms with Crippen LogP contribution < -0.4 is 10.6 Å². The Balaban J connectivity index is 2.03. The Bertz CT molecular complexity index is 451. The van der Waals surface area contributed by atoms with Crippen molar-refractivity contribution >= 4 is 23.4 Å². The second kappa shape index (κ2) is 4.94. The van der Waals surface area contributed by atoms with E-state index >= 15 is 0 Å². The van der Waals surface area contributed by atoms with Crippen LogP contribution in [0, 0.1) is 13.8 Å².